The Balaban J connectivity index is 1.66. The Morgan fingerprint density at radius 1 is 0.907 bits per heavy atom. The minimum atomic E-state index is -1.34. The van der Waals surface area contributed by atoms with Crippen molar-refractivity contribution in [3.8, 4) is 0 Å². The maximum atomic E-state index is 13.8. The number of benzene rings is 1. The maximum absolute atomic E-state index is 13.8. The predicted molar refractivity (Wildman–Crippen MR) is 211 cm³/mol. The van der Waals surface area contributed by atoms with Gasteiger partial charge in [0.1, 0.15) is 17.6 Å². The van der Waals surface area contributed by atoms with Gasteiger partial charge in [0.15, 0.2) is 0 Å². The van der Waals surface area contributed by atoms with Crippen molar-refractivity contribution in [1.29, 1.82) is 0 Å². The molecule has 3 atom stereocenters. The first-order valence-corrected chi connectivity index (χ1v) is 19.9. The molecule has 1 aliphatic rings. The molecule has 2 heterocycles. The Bertz CT molecular complexity index is 1580. The summed E-state index contributed by atoms with van der Waals surface area (Å²) in [6.45, 7) is 14.8. The number of hydrogen-bond acceptors (Lipinski definition) is 6. The Morgan fingerprint density at radius 2 is 1.61 bits per heavy atom. The average molecular weight is 752 g/mol. The number of likely N-dealkylation sites (tertiary alicyclic amines) is 1. The standard InChI is InChI=1S/C41H65N7O6/c1-9-10-11-12-13-14-16-33(46-38(52)34-17-15-22-47(34)39(53)31-18-19-32-30(24-31)20-21-42-32)37(51)43-26-36(50)48(28(4)5)41(7,8)40(54)44-25-35(49)45-29(6)23-27(2)3/h18-21,24,27-29,33-34,42H,9-17,22-23,25-26H2,1-8H3,(H,43,51)(H,44,54)(H,45,49)(H,46,52). The van der Waals surface area contributed by atoms with Crippen LogP contribution in [0, 0.1) is 5.92 Å². The fourth-order valence-electron chi connectivity index (χ4n) is 7.49. The van der Waals surface area contributed by atoms with Gasteiger partial charge in [-0.1, -0.05) is 59.3 Å². The van der Waals surface area contributed by atoms with Crippen molar-refractivity contribution in [2.75, 3.05) is 19.6 Å². The number of aromatic nitrogens is 1. The molecule has 1 fully saturated rings. The molecule has 13 nitrogen and oxygen atoms in total. The monoisotopic (exact) mass is 751 g/mol. The number of nitrogens with zero attached hydrogens (tertiary/aromatic N) is 2. The van der Waals surface area contributed by atoms with Gasteiger partial charge in [-0.3, -0.25) is 28.8 Å². The highest BCUT2D eigenvalue weighted by Gasteiger charge is 2.40. The highest BCUT2D eigenvalue weighted by atomic mass is 16.2. The van der Waals surface area contributed by atoms with E-state index in [1.165, 1.54) is 4.90 Å². The lowest BCUT2D eigenvalue weighted by Gasteiger charge is -2.40. The zero-order valence-electron chi connectivity index (χ0n) is 33.8. The molecule has 0 bridgehead atoms. The van der Waals surface area contributed by atoms with E-state index in [4.69, 9.17) is 0 Å². The molecular formula is C41H65N7O6. The number of aromatic amines is 1. The predicted octanol–water partition coefficient (Wildman–Crippen LogP) is 4.81. The maximum Gasteiger partial charge on any atom is 0.254 e. The second-order valence-corrected chi connectivity index (χ2v) is 16.0. The third-order valence-electron chi connectivity index (χ3n) is 10.1. The Labute approximate surface area is 321 Å². The summed E-state index contributed by atoms with van der Waals surface area (Å²) < 4.78 is 0. The number of unbranched alkanes of at least 4 members (excludes halogenated alkanes) is 5. The van der Waals surface area contributed by atoms with E-state index >= 15 is 0 Å². The van der Waals surface area contributed by atoms with Gasteiger partial charge < -0.3 is 36.1 Å². The zero-order valence-corrected chi connectivity index (χ0v) is 33.8. The van der Waals surface area contributed by atoms with Gasteiger partial charge in [0.25, 0.3) is 5.91 Å². The number of fused-ring (bicyclic) bond motifs is 1. The van der Waals surface area contributed by atoms with Crippen molar-refractivity contribution in [2.45, 2.75) is 149 Å². The van der Waals surface area contributed by atoms with Crippen LogP contribution < -0.4 is 21.3 Å². The molecule has 300 valence electrons. The number of carbonyl (C=O) groups is 6. The van der Waals surface area contributed by atoms with E-state index in [2.05, 4.69) is 47.0 Å². The highest BCUT2D eigenvalue weighted by Crippen LogP contribution is 2.23. The van der Waals surface area contributed by atoms with Crippen molar-refractivity contribution < 1.29 is 28.8 Å². The molecule has 0 saturated carbocycles. The summed E-state index contributed by atoms with van der Waals surface area (Å²) in [6, 6.07) is 5.21. The van der Waals surface area contributed by atoms with Crippen LogP contribution in [-0.4, -0.2) is 99.6 Å². The number of rotatable bonds is 21. The molecular weight excluding hydrogens is 686 g/mol. The van der Waals surface area contributed by atoms with Gasteiger partial charge in [-0.05, 0) is 90.5 Å². The summed E-state index contributed by atoms with van der Waals surface area (Å²) in [5.74, 6) is -2.03. The average Bonchev–Trinajstić information content (AvgIpc) is 3.79. The fourth-order valence-corrected chi connectivity index (χ4v) is 7.49. The van der Waals surface area contributed by atoms with Crippen molar-refractivity contribution in [3.63, 3.8) is 0 Å². The van der Waals surface area contributed by atoms with E-state index in [0.29, 0.717) is 43.7 Å². The molecule has 1 aromatic heterocycles. The first kappa shape index (κ1) is 44.0. The number of hydrogen-bond donors (Lipinski definition) is 5. The molecule has 6 amide bonds. The van der Waals surface area contributed by atoms with Crippen LogP contribution in [0.1, 0.15) is 130 Å². The van der Waals surface area contributed by atoms with E-state index in [1.54, 1.807) is 38.7 Å². The minimum absolute atomic E-state index is 0.0420. The van der Waals surface area contributed by atoms with Crippen LogP contribution in [-0.2, 0) is 24.0 Å². The Hall–Kier alpha value is -4.42. The molecule has 3 unspecified atom stereocenters. The van der Waals surface area contributed by atoms with Crippen LogP contribution in [0.3, 0.4) is 0 Å². The van der Waals surface area contributed by atoms with E-state index < -0.39 is 47.3 Å². The van der Waals surface area contributed by atoms with Gasteiger partial charge in [-0.25, -0.2) is 0 Å². The Morgan fingerprint density at radius 3 is 2.30 bits per heavy atom. The van der Waals surface area contributed by atoms with Gasteiger partial charge >= 0.3 is 0 Å². The molecule has 1 aliphatic heterocycles. The number of nitrogens with one attached hydrogen (secondary N) is 5. The van der Waals surface area contributed by atoms with Crippen molar-refractivity contribution >= 4 is 46.3 Å². The quantitative estimate of drug-likeness (QED) is 0.115. The molecule has 54 heavy (non-hydrogen) atoms. The molecule has 0 aliphatic carbocycles. The third kappa shape index (κ3) is 12.6. The first-order valence-electron chi connectivity index (χ1n) is 19.9. The Kier molecular flexibility index (Phi) is 17.0. The zero-order chi connectivity index (χ0) is 40.0. The van der Waals surface area contributed by atoms with Crippen LogP contribution in [0.25, 0.3) is 10.9 Å². The summed E-state index contributed by atoms with van der Waals surface area (Å²) in [5, 5.41) is 12.1. The molecule has 2 aromatic rings. The lowest BCUT2D eigenvalue weighted by atomic mass is 9.99. The van der Waals surface area contributed by atoms with Gasteiger partial charge in [0.05, 0.1) is 13.1 Å². The lowest BCUT2D eigenvalue weighted by Crippen LogP contribution is -2.62. The highest BCUT2D eigenvalue weighted by molar-refractivity contribution is 6.01. The van der Waals surface area contributed by atoms with Crippen molar-refractivity contribution in [1.82, 2.24) is 36.1 Å². The first-order chi connectivity index (χ1) is 25.6. The fraction of sp³-hybridized carbons (Fsp3) is 0.659. The molecule has 1 saturated heterocycles. The SMILES string of the molecule is CCCCCCCCC(NC(=O)C1CCCN1C(=O)c1ccc2[nH]ccc2c1)C(=O)NCC(=O)N(C(C)C)C(C)(C)C(=O)NCC(=O)NC(C)CC(C)C. The molecule has 0 radical (unpaired) electrons. The molecule has 5 N–H and O–H groups in total. The van der Waals surface area contributed by atoms with Crippen LogP contribution in [0.5, 0.6) is 0 Å². The summed E-state index contributed by atoms with van der Waals surface area (Å²) in [4.78, 5) is 86.7. The number of H-pyrrole nitrogens is 1. The van der Waals surface area contributed by atoms with Gasteiger partial charge in [-0.15, -0.1) is 0 Å². The third-order valence-corrected chi connectivity index (χ3v) is 10.1. The van der Waals surface area contributed by atoms with Crippen LogP contribution in [0.4, 0.5) is 0 Å². The van der Waals surface area contributed by atoms with Crippen LogP contribution in [0.2, 0.25) is 0 Å². The van der Waals surface area contributed by atoms with E-state index in [1.807, 2.05) is 31.3 Å². The molecule has 3 rings (SSSR count). The summed E-state index contributed by atoms with van der Waals surface area (Å²) in [7, 11) is 0. The van der Waals surface area contributed by atoms with E-state index in [9.17, 15) is 28.8 Å². The van der Waals surface area contributed by atoms with Gasteiger partial charge in [-0.2, -0.15) is 0 Å². The summed E-state index contributed by atoms with van der Waals surface area (Å²) in [6.07, 6.45) is 10.1. The van der Waals surface area contributed by atoms with E-state index in [0.717, 1.165) is 49.4 Å². The summed E-state index contributed by atoms with van der Waals surface area (Å²) >= 11 is 0. The second kappa shape index (κ2) is 20.9. The largest absolute Gasteiger partial charge is 0.361 e. The molecule has 1 aromatic carbocycles. The summed E-state index contributed by atoms with van der Waals surface area (Å²) in [5.41, 5.74) is 0.0718. The van der Waals surface area contributed by atoms with Crippen molar-refractivity contribution in [3.05, 3.63) is 36.0 Å². The molecule has 0 spiro atoms. The topological polar surface area (TPSA) is 173 Å². The van der Waals surface area contributed by atoms with Gasteiger partial charge in [0, 0.05) is 41.3 Å². The molecule has 13 heteroatoms. The second-order valence-electron chi connectivity index (χ2n) is 16.0. The number of amides is 6. The lowest BCUT2D eigenvalue weighted by molar-refractivity contribution is -0.148. The minimum Gasteiger partial charge on any atom is -0.361 e. The van der Waals surface area contributed by atoms with Crippen LogP contribution >= 0.6 is 0 Å². The van der Waals surface area contributed by atoms with E-state index in [-0.39, 0.29) is 30.9 Å². The normalized spacial score (nSPS) is 15.6. The smallest absolute Gasteiger partial charge is 0.254 e. The van der Waals surface area contributed by atoms with Gasteiger partial charge in [0.2, 0.25) is 29.5 Å². The number of carbonyl (C=O) groups excluding carboxylic acids is 6. The van der Waals surface area contributed by atoms with Crippen LogP contribution in [0.15, 0.2) is 30.5 Å². The van der Waals surface area contributed by atoms with Crippen molar-refractivity contribution in [2.24, 2.45) is 5.92 Å².